The predicted octanol–water partition coefficient (Wildman–Crippen LogP) is -1.10. The van der Waals surface area contributed by atoms with Crippen LogP contribution in [-0.4, -0.2) is 52.3 Å². The molecule has 0 aromatic carbocycles. The first-order valence-corrected chi connectivity index (χ1v) is 4.72. The fourth-order valence-electron chi connectivity index (χ4n) is 0.869. The minimum atomic E-state index is -0.191. The van der Waals surface area contributed by atoms with E-state index in [-0.39, 0.29) is 18.4 Å². The van der Waals surface area contributed by atoms with Crippen LogP contribution in [0.2, 0.25) is 0 Å². The standard InChI is InChI=1S/C9H18N2O4/c1-14-6-3-8(12)10-4-5-11-9(13)7-15-2/h3-7H2,1-2H3,(H,10,12)(H,11,13). The molecule has 6 heteroatoms. The number of nitrogens with one attached hydrogen (secondary N) is 2. The first-order chi connectivity index (χ1) is 7.20. The highest BCUT2D eigenvalue weighted by Crippen LogP contribution is 1.79. The Morgan fingerprint density at radius 3 is 2.13 bits per heavy atom. The van der Waals surface area contributed by atoms with Crippen molar-refractivity contribution in [3.8, 4) is 0 Å². The van der Waals surface area contributed by atoms with E-state index in [0.29, 0.717) is 26.1 Å². The molecule has 0 saturated heterocycles. The lowest BCUT2D eigenvalue weighted by Gasteiger charge is -2.06. The van der Waals surface area contributed by atoms with Gasteiger partial charge in [-0.05, 0) is 0 Å². The summed E-state index contributed by atoms with van der Waals surface area (Å²) >= 11 is 0. The maximum atomic E-state index is 11.0. The van der Waals surface area contributed by atoms with Crippen molar-refractivity contribution in [1.82, 2.24) is 10.6 Å². The Kier molecular flexibility index (Phi) is 8.70. The summed E-state index contributed by atoms with van der Waals surface area (Å²) in [6, 6.07) is 0. The van der Waals surface area contributed by atoms with Gasteiger partial charge in [0.25, 0.3) is 0 Å². The van der Waals surface area contributed by atoms with Gasteiger partial charge in [-0.25, -0.2) is 0 Å². The van der Waals surface area contributed by atoms with E-state index in [2.05, 4.69) is 15.4 Å². The second-order valence-electron chi connectivity index (χ2n) is 2.88. The average molecular weight is 218 g/mol. The lowest BCUT2D eigenvalue weighted by atomic mass is 10.4. The van der Waals surface area contributed by atoms with E-state index in [1.165, 1.54) is 14.2 Å². The summed E-state index contributed by atoms with van der Waals surface area (Å²) in [7, 11) is 2.99. The van der Waals surface area contributed by atoms with Gasteiger partial charge in [0.15, 0.2) is 0 Å². The van der Waals surface area contributed by atoms with Crippen molar-refractivity contribution in [2.45, 2.75) is 6.42 Å². The van der Waals surface area contributed by atoms with E-state index < -0.39 is 0 Å². The molecule has 0 bridgehead atoms. The molecule has 0 saturated carbocycles. The molecule has 0 aromatic rings. The Morgan fingerprint density at radius 2 is 1.60 bits per heavy atom. The van der Waals surface area contributed by atoms with E-state index in [0.717, 1.165) is 0 Å². The molecule has 0 fully saturated rings. The summed E-state index contributed by atoms with van der Waals surface area (Å²) in [5, 5.41) is 5.23. The maximum Gasteiger partial charge on any atom is 0.246 e. The Bertz CT molecular complexity index is 197. The van der Waals surface area contributed by atoms with Gasteiger partial charge in [0.05, 0.1) is 6.61 Å². The number of amides is 2. The number of methoxy groups -OCH3 is 2. The molecular weight excluding hydrogens is 200 g/mol. The molecule has 0 aromatic heterocycles. The van der Waals surface area contributed by atoms with Crippen molar-refractivity contribution in [2.75, 3.05) is 40.5 Å². The van der Waals surface area contributed by atoms with Crippen LogP contribution in [0.1, 0.15) is 6.42 Å². The van der Waals surface area contributed by atoms with E-state index in [4.69, 9.17) is 4.74 Å². The van der Waals surface area contributed by atoms with Crippen LogP contribution >= 0.6 is 0 Å². The van der Waals surface area contributed by atoms with Crippen LogP contribution in [0.15, 0.2) is 0 Å². The minimum absolute atomic E-state index is 0.0393. The van der Waals surface area contributed by atoms with Gasteiger partial charge in [0.2, 0.25) is 11.8 Å². The molecule has 0 unspecified atom stereocenters. The van der Waals surface area contributed by atoms with Crippen molar-refractivity contribution in [1.29, 1.82) is 0 Å². The summed E-state index contributed by atoms with van der Waals surface area (Å²) in [6.45, 7) is 1.26. The zero-order valence-corrected chi connectivity index (χ0v) is 9.17. The van der Waals surface area contributed by atoms with Gasteiger partial charge < -0.3 is 20.1 Å². The number of hydrogen-bond donors (Lipinski definition) is 2. The Balaban J connectivity index is 3.30. The normalized spacial score (nSPS) is 9.73. The molecule has 88 valence electrons. The second-order valence-corrected chi connectivity index (χ2v) is 2.88. The van der Waals surface area contributed by atoms with E-state index in [9.17, 15) is 9.59 Å². The van der Waals surface area contributed by atoms with Crippen LogP contribution in [0.4, 0.5) is 0 Å². The van der Waals surface area contributed by atoms with Crippen LogP contribution in [0.25, 0.3) is 0 Å². The van der Waals surface area contributed by atoms with Crippen LogP contribution in [-0.2, 0) is 19.1 Å². The third kappa shape index (κ3) is 9.17. The minimum Gasteiger partial charge on any atom is -0.384 e. The van der Waals surface area contributed by atoms with Gasteiger partial charge in [-0.1, -0.05) is 0 Å². The Hall–Kier alpha value is -1.14. The molecule has 0 aliphatic heterocycles. The van der Waals surface area contributed by atoms with Crippen molar-refractivity contribution < 1.29 is 19.1 Å². The fourth-order valence-corrected chi connectivity index (χ4v) is 0.869. The van der Waals surface area contributed by atoms with Crippen molar-refractivity contribution in [3.05, 3.63) is 0 Å². The molecule has 2 amide bonds. The van der Waals surface area contributed by atoms with Gasteiger partial charge in [-0.3, -0.25) is 9.59 Å². The zero-order valence-electron chi connectivity index (χ0n) is 9.17. The molecule has 6 nitrogen and oxygen atoms in total. The summed E-state index contributed by atoms with van der Waals surface area (Å²) in [4.78, 5) is 21.9. The summed E-state index contributed by atoms with van der Waals surface area (Å²) < 4.78 is 9.36. The molecule has 0 heterocycles. The smallest absolute Gasteiger partial charge is 0.246 e. The van der Waals surface area contributed by atoms with Crippen molar-refractivity contribution in [2.24, 2.45) is 0 Å². The number of rotatable bonds is 8. The van der Waals surface area contributed by atoms with Crippen molar-refractivity contribution in [3.63, 3.8) is 0 Å². The van der Waals surface area contributed by atoms with Crippen LogP contribution in [0.3, 0.4) is 0 Å². The molecule has 0 spiro atoms. The molecule has 0 aliphatic rings. The van der Waals surface area contributed by atoms with Crippen LogP contribution in [0.5, 0.6) is 0 Å². The Morgan fingerprint density at radius 1 is 1.00 bits per heavy atom. The van der Waals surface area contributed by atoms with Gasteiger partial charge in [-0.15, -0.1) is 0 Å². The van der Waals surface area contributed by atoms with E-state index >= 15 is 0 Å². The molecule has 15 heavy (non-hydrogen) atoms. The summed E-state index contributed by atoms with van der Waals surface area (Å²) in [5.74, 6) is -0.276. The summed E-state index contributed by atoms with van der Waals surface area (Å²) in [6.07, 6.45) is 0.336. The second kappa shape index (κ2) is 9.42. The zero-order chi connectivity index (χ0) is 11.5. The van der Waals surface area contributed by atoms with Crippen molar-refractivity contribution >= 4 is 11.8 Å². The summed E-state index contributed by atoms with van der Waals surface area (Å²) in [5.41, 5.74) is 0. The monoisotopic (exact) mass is 218 g/mol. The highest BCUT2D eigenvalue weighted by atomic mass is 16.5. The fraction of sp³-hybridized carbons (Fsp3) is 0.778. The quantitative estimate of drug-likeness (QED) is 0.507. The van der Waals surface area contributed by atoms with E-state index in [1.54, 1.807) is 0 Å². The highest BCUT2D eigenvalue weighted by Gasteiger charge is 2.01. The van der Waals surface area contributed by atoms with Gasteiger partial charge in [0, 0.05) is 33.7 Å². The van der Waals surface area contributed by atoms with Crippen LogP contribution < -0.4 is 10.6 Å². The number of carbonyl (C=O) groups excluding carboxylic acids is 2. The number of carbonyl (C=O) groups is 2. The van der Waals surface area contributed by atoms with Gasteiger partial charge >= 0.3 is 0 Å². The largest absolute Gasteiger partial charge is 0.384 e. The van der Waals surface area contributed by atoms with Gasteiger partial charge in [0.1, 0.15) is 6.61 Å². The third-order valence-electron chi connectivity index (χ3n) is 1.58. The average Bonchev–Trinajstić information content (AvgIpc) is 2.22. The molecule has 0 aliphatic carbocycles. The molecule has 0 atom stereocenters. The first kappa shape index (κ1) is 13.9. The molecule has 0 rings (SSSR count). The highest BCUT2D eigenvalue weighted by molar-refractivity contribution is 5.77. The lowest BCUT2D eigenvalue weighted by molar-refractivity contribution is -0.125. The SMILES string of the molecule is COCCC(=O)NCCNC(=O)COC. The van der Waals surface area contributed by atoms with Gasteiger partial charge in [-0.2, -0.15) is 0 Å². The number of hydrogen-bond acceptors (Lipinski definition) is 4. The maximum absolute atomic E-state index is 11.0. The molecule has 2 N–H and O–H groups in total. The molecular formula is C9H18N2O4. The predicted molar refractivity (Wildman–Crippen MR) is 54.4 cm³/mol. The molecule has 0 radical (unpaired) electrons. The van der Waals surface area contributed by atoms with Crippen LogP contribution in [0, 0.1) is 0 Å². The number of ether oxygens (including phenoxy) is 2. The third-order valence-corrected chi connectivity index (χ3v) is 1.58. The Labute approximate surface area is 89.3 Å². The van der Waals surface area contributed by atoms with E-state index in [1.807, 2.05) is 0 Å². The topological polar surface area (TPSA) is 76.7 Å². The first-order valence-electron chi connectivity index (χ1n) is 4.72. The lowest BCUT2D eigenvalue weighted by Crippen LogP contribution is -2.36.